The quantitative estimate of drug-likeness (QED) is 0.209. The molecular formula is C19H33N3O8. The Labute approximate surface area is 175 Å². The summed E-state index contributed by atoms with van der Waals surface area (Å²) in [4.78, 5) is 57.1. The van der Waals surface area contributed by atoms with Gasteiger partial charge in [-0.15, -0.1) is 0 Å². The second kappa shape index (κ2) is 13.4. The van der Waals surface area contributed by atoms with E-state index in [2.05, 4.69) is 16.0 Å². The van der Waals surface area contributed by atoms with Crippen LogP contribution in [0.5, 0.6) is 0 Å². The molecule has 0 bridgehead atoms. The molecule has 0 radical (unpaired) electrons. The Kier molecular flexibility index (Phi) is 12.1. The molecule has 0 rings (SSSR count). The second-order valence-electron chi connectivity index (χ2n) is 7.35. The lowest BCUT2D eigenvalue weighted by atomic mass is 9.84. The van der Waals surface area contributed by atoms with E-state index in [1.165, 1.54) is 0 Å². The molecule has 11 heteroatoms. The third-order valence-electron chi connectivity index (χ3n) is 5.17. The van der Waals surface area contributed by atoms with Crippen molar-refractivity contribution in [2.75, 3.05) is 6.54 Å². The number of rotatable bonds is 15. The van der Waals surface area contributed by atoms with Crippen LogP contribution in [-0.4, -0.2) is 63.8 Å². The van der Waals surface area contributed by atoms with E-state index >= 15 is 0 Å². The fourth-order valence-corrected chi connectivity index (χ4v) is 2.60. The van der Waals surface area contributed by atoms with Crippen LogP contribution in [0.2, 0.25) is 0 Å². The first-order chi connectivity index (χ1) is 14.0. The van der Waals surface area contributed by atoms with Crippen LogP contribution in [0.25, 0.3) is 0 Å². The molecule has 172 valence electrons. The van der Waals surface area contributed by atoms with Crippen molar-refractivity contribution in [3.8, 4) is 0 Å². The van der Waals surface area contributed by atoms with E-state index in [1.807, 2.05) is 20.8 Å². The van der Waals surface area contributed by atoms with Crippen LogP contribution < -0.4 is 16.0 Å². The summed E-state index contributed by atoms with van der Waals surface area (Å²) in [7, 11) is 0. The topological polar surface area (TPSA) is 182 Å². The van der Waals surface area contributed by atoms with Crippen molar-refractivity contribution in [3.63, 3.8) is 0 Å². The molecule has 0 spiro atoms. The predicted octanol–water partition coefficient (Wildman–Crippen LogP) is 1.17. The maximum atomic E-state index is 12.2. The van der Waals surface area contributed by atoms with Gasteiger partial charge >= 0.3 is 23.9 Å². The first-order valence-electron chi connectivity index (χ1n) is 9.99. The van der Waals surface area contributed by atoms with Crippen molar-refractivity contribution >= 4 is 29.8 Å². The molecule has 0 aromatic carbocycles. The Morgan fingerprint density at radius 2 is 1.33 bits per heavy atom. The molecule has 0 aromatic rings. The SMILES string of the molecule is CCC(C)(CC)C(=O)NCCCC[C@H](NC(=O)N[C@@H](CCC(=O)O)C(=O)O)C(=O)O. The summed E-state index contributed by atoms with van der Waals surface area (Å²) >= 11 is 0. The number of urea groups is 1. The van der Waals surface area contributed by atoms with Gasteiger partial charge in [0.05, 0.1) is 0 Å². The number of hydrogen-bond acceptors (Lipinski definition) is 5. The Balaban J connectivity index is 4.48. The molecular weight excluding hydrogens is 398 g/mol. The average Bonchev–Trinajstić information content (AvgIpc) is 2.68. The number of unbranched alkanes of at least 4 members (excludes halogenated alkanes) is 1. The number of carbonyl (C=O) groups excluding carboxylic acids is 2. The largest absolute Gasteiger partial charge is 0.481 e. The lowest BCUT2D eigenvalue weighted by Crippen LogP contribution is -2.51. The molecule has 0 unspecified atom stereocenters. The van der Waals surface area contributed by atoms with Gasteiger partial charge in [-0.1, -0.05) is 20.8 Å². The standard InChI is InChI=1S/C19H33N3O8/c1-4-19(3,5-2)17(29)20-11-7-6-8-12(15(25)26)21-18(30)22-13(16(27)28)9-10-14(23)24/h12-13H,4-11H2,1-3H3,(H,20,29)(H,23,24)(H,25,26)(H,27,28)(H2,21,22,30)/t12-,13-/m0/s1. The third kappa shape index (κ3) is 10.1. The summed E-state index contributed by atoms with van der Waals surface area (Å²) in [5.41, 5.74) is -0.440. The molecule has 0 aliphatic carbocycles. The van der Waals surface area contributed by atoms with Gasteiger partial charge in [-0.3, -0.25) is 9.59 Å². The lowest BCUT2D eigenvalue weighted by Gasteiger charge is -2.25. The predicted molar refractivity (Wildman–Crippen MR) is 107 cm³/mol. The Morgan fingerprint density at radius 1 is 0.833 bits per heavy atom. The van der Waals surface area contributed by atoms with Crippen molar-refractivity contribution in [2.24, 2.45) is 5.41 Å². The van der Waals surface area contributed by atoms with Crippen LogP contribution >= 0.6 is 0 Å². The Morgan fingerprint density at radius 3 is 1.77 bits per heavy atom. The zero-order valence-electron chi connectivity index (χ0n) is 17.7. The summed E-state index contributed by atoms with van der Waals surface area (Å²) in [5, 5.41) is 34.0. The van der Waals surface area contributed by atoms with E-state index in [-0.39, 0.29) is 18.7 Å². The number of hydrogen-bond donors (Lipinski definition) is 6. The van der Waals surface area contributed by atoms with E-state index in [0.29, 0.717) is 32.2 Å². The molecule has 0 saturated carbocycles. The Bertz CT molecular complexity index is 619. The number of nitrogens with one attached hydrogen (secondary N) is 3. The van der Waals surface area contributed by atoms with E-state index < -0.39 is 47.9 Å². The van der Waals surface area contributed by atoms with Gasteiger partial charge in [0, 0.05) is 18.4 Å². The number of aliphatic carboxylic acids is 3. The smallest absolute Gasteiger partial charge is 0.326 e. The molecule has 0 fully saturated rings. The molecule has 3 amide bonds. The zero-order valence-corrected chi connectivity index (χ0v) is 17.7. The third-order valence-corrected chi connectivity index (χ3v) is 5.17. The van der Waals surface area contributed by atoms with Gasteiger partial charge in [0.1, 0.15) is 12.1 Å². The maximum Gasteiger partial charge on any atom is 0.326 e. The number of amides is 3. The van der Waals surface area contributed by atoms with Crippen molar-refractivity contribution in [3.05, 3.63) is 0 Å². The first kappa shape index (κ1) is 27.1. The molecule has 0 aliphatic rings. The summed E-state index contributed by atoms with van der Waals surface area (Å²) in [6.45, 7) is 6.14. The molecule has 0 aromatic heterocycles. The van der Waals surface area contributed by atoms with Crippen LogP contribution in [0.15, 0.2) is 0 Å². The molecule has 2 atom stereocenters. The minimum absolute atomic E-state index is 0.0548. The average molecular weight is 431 g/mol. The maximum absolute atomic E-state index is 12.2. The minimum Gasteiger partial charge on any atom is -0.481 e. The highest BCUT2D eigenvalue weighted by Crippen LogP contribution is 2.25. The number of carbonyl (C=O) groups is 5. The van der Waals surface area contributed by atoms with E-state index in [0.717, 1.165) is 0 Å². The van der Waals surface area contributed by atoms with E-state index in [4.69, 9.17) is 10.2 Å². The van der Waals surface area contributed by atoms with Crippen LogP contribution in [0.4, 0.5) is 4.79 Å². The highest BCUT2D eigenvalue weighted by molar-refractivity contribution is 5.86. The molecule has 0 aliphatic heterocycles. The van der Waals surface area contributed by atoms with Crippen molar-refractivity contribution in [1.82, 2.24) is 16.0 Å². The van der Waals surface area contributed by atoms with Crippen LogP contribution in [0, 0.1) is 5.41 Å². The second-order valence-corrected chi connectivity index (χ2v) is 7.35. The zero-order chi connectivity index (χ0) is 23.3. The van der Waals surface area contributed by atoms with Gasteiger partial charge in [-0.2, -0.15) is 0 Å². The van der Waals surface area contributed by atoms with Crippen molar-refractivity contribution in [2.45, 2.75) is 77.8 Å². The lowest BCUT2D eigenvalue weighted by molar-refractivity contribution is -0.140. The van der Waals surface area contributed by atoms with Crippen molar-refractivity contribution in [1.29, 1.82) is 0 Å². The van der Waals surface area contributed by atoms with Crippen LogP contribution in [-0.2, 0) is 19.2 Å². The first-order valence-corrected chi connectivity index (χ1v) is 9.99. The normalized spacial score (nSPS) is 13.0. The van der Waals surface area contributed by atoms with Gasteiger partial charge < -0.3 is 31.3 Å². The number of carboxylic acid groups (broad SMARTS) is 3. The molecule has 6 N–H and O–H groups in total. The molecule has 11 nitrogen and oxygen atoms in total. The highest BCUT2D eigenvalue weighted by Gasteiger charge is 2.28. The van der Waals surface area contributed by atoms with Gasteiger partial charge in [-0.05, 0) is 38.5 Å². The van der Waals surface area contributed by atoms with Gasteiger partial charge in [0.25, 0.3) is 0 Å². The fourth-order valence-electron chi connectivity index (χ4n) is 2.60. The van der Waals surface area contributed by atoms with Crippen molar-refractivity contribution < 1.29 is 39.3 Å². The van der Waals surface area contributed by atoms with Gasteiger partial charge in [0.15, 0.2) is 0 Å². The minimum atomic E-state index is -1.45. The molecule has 0 saturated heterocycles. The summed E-state index contributed by atoms with van der Waals surface area (Å²) < 4.78 is 0. The van der Waals surface area contributed by atoms with Gasteiger partial charge in [-0.25, -0.2) is 14.4 Å². The van der Waals surface area contributed by atoms with Gasteiger partial charge in [0.2, 0.25) is 5.91 Å². The van der Waals surface area contributed by atoms with Crippen LogP contribution in [0.1, 0.15) is 65.7 Å². The van der Waals surface area contributed by atoms with Crippen LogP contribution in [0.3, 0.4) is 0 Å². The number of carboxylic acids is 3. The fraction of sp³-hybridized carbons (Fsp3) is 0.737. The monoisotopic (exact) mass is 431 g/mol. The summed E-state index contributed by atoms with van der Waals surface area (Å²) in [5.74, 6) is -3.96. The molecule has 30 heavy (non-hydrogen) atoms. The summed E-state index contributed by atoms with van der Waals surface area (Å²) in [6, 6.07) is -3.70. The summed E-state index contributed by atoms with van der Waals surface area (Å²) in [6.07, 6.45) is 1.64. The molecule has 0 heterocycles. The highest BCUT2D eigenvalue weighted by atomic mass is 16.4. The van der Waals surface area contributed by atoms with E-state index in [1.54, 1.807) is 0 Å². The Hall–Kier alpha value is -2.85. The van der Waals surface area contributed by atoms with E-state index in [9.17, 15) is 29.1 Å².